The molecule has 1 aromatic rings. The van der Waals surface area contributed by atoms with E-state index >= 15 is 0 Å². The maximum atomic E-state index is 12.5. The SMILES string of the molecule is CC(=O)N/C(=C\c1ccccc1)C(=O)NC(=S)N1CCCCCC1. The first kappa shape index (κ1) is 18.1. The molecule has 1 fully saturated rings. The summed E-state index contributed by atoms with van der Waals surface area (Å²) < 4.78 is 0. The van der Waals surface area contributed by atoms with Gasteiger partial charge in [0.1, 0.15) is 5.70 Å². The second-order valence-corrected chi connectivity index (χ2v) is 6.20. The predicted octanol–water partition coefficient (Wildman–Crippen LogP) is 2.44. The molecule has 0 bridgehead atoms. The fourth-order valence-corrected chi connectivity index (χ4v) is 2.86. The first-order valence-electron chi connectivity index (χ1n) is 8.21. The van der Waals surface area contributed by atoms with Gasteiger partial charge in [-0.05, 0) is 36.7 Å². The van der Waals surface area contributed by atoms with E-state index in [0.717, 1.165) is 31.5 Å². The summed E-state index contributed by atoms with van der Waals surface area (Å²) in [6, 6.07) is 9.36. The van der Waals surface area contributed by atoms with Crippen LogP contribution in [0.1, 0.15) is 38.2 Å². The number of amides is 2. The lowest BCUT2D eigenvalue weighted by atomic mass is 10.2. The molecule has 2 amide bonds. The van der Waals surface area contributed by atoms with E-state index in [1.807, 2.05) is 35.2 Å². The Labute approximate surface area is 148 Å². The van der Waals surface area contributed by atoms with Crippen LogP contribution in [0.5, 0.6) is 0 Å². The molecule has 0 atom stereocenters. The van der Waals surface area contributed by atoms with Gasteiger partial charge in [-0.25, -0.2) is 0 Å². The smallest absolute Gasteiger partial charge is 0.273 e. The van der Waals surface area contributed by atoms with Crippen molar-refractivity contribution < 1.29 is 9.59 Å². The van der Waals surface area contributed by atoms with E-state index in [2.05, 4.69) is 10.6 Å². The number of likely N-dealkylation sites (tertiary alicyclic amines) is 1. The normalized spacial score (nSPS) is 15.4. The highest BCUT2D eigenvalue weighted by molar-refractivity contribution is 7.80. The van der Waals surface area contributed by atoms with Crippen molar-refractivity contribution in [2.24, 2.45) is 0 Å². The average Bonchev–Trinajstić information content (AvgIpc) is 2.84. The number of hydrogen-bond acceptors (Lipinski definition) is 3. The first-order chi connectivity index (χ1) is 11.6. The largest absolute Gasteiger partial charge is 0.349 e. The minimum Gasteiger partial charge on any atom is -0.349 e. The van der Waals surface area contributed by atoms with E-state index in [1.54, 1.807) is 6.08 Å². The molecule has 0 aromatic heterocycles. The van der Waals surface area contributed by atoms with Crippen molar-refractivity contribution in [1.82, 2.24) is 15.5 Å². The van der Waals surface area contributed by atoms with E-state index in [9.17, 15) is 9.59 Å². The molecular weight excluding hydrogens is 322 g/mol. The van der Waals surface area contributed by atoms with Crippen molar-refractivity contribution in [3.63, 3.8) is 0 Å². The summed E-state index contributed by atoms with van der Waals surface area (Å²) in [7, 11) is 0. The fraction of sp³-hybridized carbons (Fsp3) is 0.389. The minimum atomic E-state index is -0.400. The molecular formula is C18H23N3O2S. The Morgan fingerprint density at radius 2 is 1.67 bits per heavy atom. The number of carbonyl (C=O) groups excluding carboxylic acids is 2. The monoisotopic (exact) mass is 345 g/mol. The molecule has 1 aliphatic rings. The quantitative estimate of drug-likeness (QED) is 0.652. The lowest BCUT2D eigenvalue weighted by Crippen LogP contribution is -2.45. The summed E-state index contributed by atoms with van der Waals surface area (Å²) in [5, 5.41) is 5.74. The molecule has 1 heterocycles. The van der Waals surface area contributed by atoms with Crippen LogP contribution in [-0.4, -0.2) is 34.9 Å². The maximum absolute atomic E-state index is 12.5. The van der Waals surface area contributed by atoms with Crippen molar-refractivity contribution in [3.05, 3.63) is 41.6 Å². The number of nitrogens with zero attached hydrogens (tertiary/aromatic N) is 1. The van der Waals surface area contributed by atoms with Gasteiger partial charge in [0, 0.05) is 20.0 Å². The Bertz CT molecular complexity index is 620. The van der Waals surface area contributed by atoms with Crippen molar-refractivity contribution in [1.29, 1.82) is 0 Å². The zero-order valence-corrected chi connectivity index (χ0v) is 14.7. The van der Waals surface area contributed by atoms with Gasteiger partial charge in [0.25, 0.3) is 5.91 Å². The van der Waals surface area contributed by atoms with Crippen LogP contribution in [0.15, 0.2) is 36.0 Å². The van der Waals surface area contributed by atoms with Crippen molar-refractivity contribution in [2.45, 2.75) is 32.6 Å². The molecule has 0 unspecified atom stereocenters. The number of nitrogens with one attached hydrogen (secondary N) is 2. The third-order valence-corrected chi connectivity index (χ3v) is 4.14. The molecule has 0 saturated carbocycles. The van der Waals surface area contributed by atoms with Crippen LogP contribution in [0, 0.1) is 0 Å². The summed E-state index contributed by atoms with van der Waals surface area (Å²) in [5.41, 5.74) is 1.02. The van der Waals surface area contributed by atoms with Crippen LogP contribution >= 0.6 is 12.2 Å². The van der Waals surface area contributed by atoms with Gasteiger partial charge in [-0.1, -0.05) is 43.2 Å². The molecule has 2 rings (SSSR count). The van der Waals surface area contributed by atoms with E-state index in [-0.39, 0.29) is 11.6 Å². The third kappa shape index (κ3) is 5.77. The summed E-state index contributed by atoms with van der Waals surface area (Å²) in [6.07, 6.45) is 6.18. The van der Waals surface area contributed by atoms with Crippen LogP contribution in [-0.2, 0) is 9.59 Å². The maximum Gasteiger partial charge on any atom is 0.273 e. The molecule has 0 aliphatic carbocycles. The average molecular weight is 345 g/mol. The number of thiocarbonyl (C=S) groups is 1. The van der Waals surface area contributed by atoms with Gasteiger partial charge in [-0.3, -0.25) is 14.9 Å². The van der Waals surface area contributed by atoms with Crippen LogP contribution in [0.25, 0.3) is 6.08 Å². The second kappa shape index (κ2) is 9.17. The van der Waals surface area contributed by atoms with Crippen molar-refractivity contribution in [2.75, 3.05) is 13.1 Å². The molecule has 0 spiro atoms. The van der Waals surface area contributed by atoms with Crippen LogP contribution in [0.2, 0.25) is 0 Å². The van der Waals surface area contributed by atoms with Gasteiger partial charge in [-0.15, -0.1) is 0 Å². The van der Waals surface area contributed by atoms with Gasteiger partial charge < -0.3 is 10.2 Å². The molecule has 5 nitrogen and oxygen atoms in total. The molecule has 2 N–H and O–H groups in total. The number of benzene rings is 1. The lowest BCUT2D eigenvalue weighted by molar-refractivity contribution is -0.121. The Hall–Kier alpha value is -2.21. The lowest BCUT2D eigenvalue weighted by Gasteiger charge is -2.23. The molecule has 1 aromatic carbocycles. The highest BCUT2D eigenvalue weighted by atomic mass is 32.1. The van der Waals surface area contributed by atoms with E-state index in [4.69, 9.17) is 12.2 Å². The molecule has 24 heavy (non-hydrogen) atoms. The third-order valence-electron chi connectivity index (χ3n) is 3.78. The van der Waals surface area contributed by atoms with Crippen LogP contribution < -0.4 is 10.6 Å². The number of hydrogen-bond donors (Lipinski definition) is 2. The standard InChI is InChI=1S/C18H23N3O2S/c1-14(22)19-16(13-15-9-5-4-6-10-15)17(23)20-18(24)21-11-7-2-3-8-12-21/h4-6,9-10,13H,2-3,7-8,11-12H2,1H3,(H,19,22)(H,20,23,24)/b16-13-. The zero-order chi connectivity index (χ0) is 17.4. The van der Waals surface area contributed by atoms with Gasteiger partial charge >= 0.3 is 0 Å². The predicted molar refractivity (Wildman–Crippen MR) is 99.0 cm³/mol. The first-order valence-corrected chi connectivity index (χ1v) is 8.61. The molecule has 128 valence electrons. The van der Waals surface area contributed by atoms with Crippen molar-refractivity contribution in [3.8, 4) is 0 Å². The Kier molecular flexibility index (Phi) is 6.93. The molecule has 1 saturated heterocycles. The van der Waals surface area contributed by atoms with Gasteiger partial charge in [-0.2, -0.15) is 0 Å². The summed E-state index contributed by atoms with van der Waals surface area (Å²) in [5.74, 6) is -0.698. The van der Waals surface area contributed by atoms with Crippen LogP contribution in [0.4, 0.5) is 0 Å². The molecule has 1 aliphatic heterocycles. The summed E-state index contributed by atoms with van der Waals surface area (Å²) >= 11 is 5.36. The van der Waals surface area contributed by atoms with Gasteiger partial charge in [0.2, 0.25) is 5.91 Å². The van der Waals surface area contributed by atoms with E-state index in [1.165, 1.54) is 19.8 Å². The Morgan fingerprint density at radius 1 is 1.04 bits per heavy atom. The highest BCUT2D eigenvalue weighted by Crippen LogP contribution is 2.10. The second-order valence-electron chi connectivity index (χ2n) is 5.81. The zero-order valence-electron chi connectivity index (χ0n) is 13.9. The van der Waals surface area contributed by atoms with Gasteiger partial charge in [0.05, 0.1) is 0 Å². The topological polar surface area (TPSA) is 61.4 Å². The minimum absolute atomic E-state index is 0.186. The highest BCUT2D eigenvalue weighted by Gasteiger charge is 2.17. The van der Waals surface area contributed by atoms with Crippen molar-refractivity contribution >= 4 is 35.2 Å². The fourth-order valence-electron chi connectivity index (χ4n) is 2.58. The summed E-state index contributed by atoms with van der Waals surface area (Å²) in [6.45, 7) is 3.09. The molecule has 6 heteroatoms. The van der Waals surface area contributed by atoms with Gasteiger partial charge in [0.15, 0.2) is 5.11 Å². The van der Waals surface area contributed by atoms with E-state index in [0.29, 0.717) is 5.11 Å². The summed E-state index contributed by atoms with van der Waals surface area (Å²) in [4.78, 5) is 25.9. The number of carbonyl (C=O) groups is 2. The van der Waals surface area contributed by atoms with Crippen LogP contribution in [0.3, 0.4) is 0 Å². The van der Waals surface area contributed by atoms with E-state index < -0.39 is 5.91 Å². The Balaban J connectivity index is 2.08. The Morgan fingerprint density at radius 3 is 2.25 bits per heavy atom. The molecule has 0 radical (unpaired) electrons. The number of rotatable bonds is 3.